The molecule has 0 unspecified atom stereocenters. The van der Waals surface area contributed by atoms with E-state index in [0.717, 1.165) is 5.56 Å². The molecule has 11 heteroatoms. The van der Waals surface area contributed by atoms with Gasteiger partial charge < -0.3 is 28.7 Å². The summed E-state index contributed by atoms with van der Waals surface area (Å²) in [6.07, 6.45) is 1.48. The molecule has 4 rings (SSSR count). The third-order valence-corrected chi connectivity index (χ3v) is 8.04. The molecular formula is C35H46FN3O7. The molecule has 0 aliphatic carbocycles. The Labute approximate surface area is 270 Å². The number of benzene rings is 2. The third-order valence-electron chi connectivity index (χ3n) is 8.04. The minimum absolute atomic E-state index is 0.0293. The van der Waals surface area contributed by atoms with Gasteiger partial charge in [0.2, 0.25) is 0 Å². The fraction of sp³-hybridized carbons (Fsp3) is 0.543. The van der Waals surface area contributed by atoms with Crippen molar-refractivity contribution >= 4 is 29.1 Å². The molecule has 2 heterocycles. The number of halogens is 1. The average molecular weight is 640 g/mol. The Morgan fingerprint density at radius 2 is 1.65 bits per heavy atom. The zero-order chi connectivity index (χ0) is 33.6. The first kappa shape index (κ1) is 34.7. The Balaban J connectivity index is 1.65. The first-order valence-electron chi connectivity index (χ1n) is 16.1. The van der Waals surface area contributed by atoms with Gasteiger partial charge in [0, 0.05) is 50.0 Å². The van der Waals surface area contributed by atoms with Gasteiger partial charge in [0.25, 0.3) is 0 Å². The molecule has 0 amide bonds. The molecule has 2 aromatic carbocycles. The first-order valence-corrected chi connectivity index (χ1v) is 16.1. The largest absolute Gasteiger partial charge is 0.491 e. The summed E-state index contributed by atoms with van der Waals surface area (Å²) in [4.78, 5) is 41.5. The second kappa shape index (κ2) is 15.0. The fourth-order valence-corrected chi connectivity index (χ4v) is 5.76. The molecule has 0 spiro atoms. The summed E-state index contributed by atoms with van der Waals surface area (Å²) in [5.74, 6) is -0.204. The van der Waals surface area contributed by atoms with E-state index >= 15 is 4.39 Å². The van der Waals surface area contributed by atoms with Crippen molar-refractivity contribution in [2.45, 2.75) is 79.2 Å². The summed E-state index contributed by atoms with van der Waals surface area (Å²) in [6, 6.07) is 5.31. The Hall–Kier alpha value is -4.15. The zero-order valence-corrected chi connectivity index (χ0v) is 27.8. The second-order valence-corrected chi connectivity index (χ2v) is 12.5. The normalized spacial score (nSPS) is 14.8. The van der Waals surface area contributed by atoms with Gasteiger partial charge in [-0.05, 0) is 56.4 Å². The number of amidine groups is 1. The Morgan fingerprint density at radius 3 is 2.28 bits per heavy atom. The van der Waals surface area contributed by atoms with Gasteiger partial charge in [0.05, 0.1) is 44.2 Å². The van der Waals surface area contributed by atoms with E-state index < -0.39 is 11.2 Å². The summed E-state index contributed by atoms with van der Waals surface area (Å²) < 4.78 is 38.2. The number of Topliss-reactive ketones (excluding diaryl/α,β-unsaturated/α-hetero) is 2. The SMILES string of the molecule is CCOC(=O)CCCOc1c(N2CCC(=O)CC2)cc(C(=O)CN2Cc3cc(OCC)c(OCC)c(F)c3C2=N)cc1C(C)(C)C. The molecule has 0 atom stereocenters. The third kappa shape index (κ3) is 7.79. The summed E-state index contributed by atoms with van der Waals surface area (Å²) in [6.45, 7) is 13.6. The van der Waals surface area contributed by atoms with Crippen molar-refractivity contribution in [1.29, 1.82) is 5.41 Å². The van der Waals surface area contributed by atoms with Crippen LogP contribution in [0.1, 0.15) is 94.3 Å². The molecular weight excluding hydrogens is 593 g/mol. The van der Waals surface area contributed by atoms with Crippen LogP contribution in [0.25, 0.3) is 0 Å². The average Bonchev–Trinajstić information content (AvgIpc) is 3.31. The zero-order valence-electron chi connectivity index (χ0n) is 27.8. The highest BCUT2D eigenvalue weighted by atomic mass is 19.1. The van der Waals surface area contributed by atoms with Gasteiger partial charge in [-0.25, -0.2) is 4.39 Å². The lowest BCUT2D eigenvalue weighted by Crippen LogP contribution is -2.35. The van der Waals surface area contributed by atoms with Gasteiger partial charge in [-0.1, -0.05) is 20.8 Å². The van der Waals surface area contributed by atoms with Crippen LogP contribution in [0.5, 0.6) is 17.2 Å². The van der Waals surface area contributed by atoms with E-state index in [2.05, 4.69) is 4.90 Å². The number of fused-ring (bicyclic) bond motifs is 1. The van der Waals surface area contributed by atoms with Crippen LogP contribution in [0.4, 0.5) is 10.1 Å². The van der Waals surface area contributed by atoms with Gasteiger partial charge in [0.15, 0.2) is 23.1 Å². The van der Waals surface area contributed by atoms with E-state index in [9.17, 15) is 14.4 Å². The van der Waals surface area contributed by atoms with Crippen LogP contribution in [0.2, 0.25) is 0 Å². The number of ketones is 2. The van der Waals surface area contributed by atoms with E-state index in [0.29, 0.717) is 68.1 Å². The van der Waals surface area contributed by atoms with Crippen LogP contribution in [0.3, 0.4) is 0 Å². The predicted molar refractivity (Wildman–Crippen MR) is 173 cm³/mol. The Kier molecular flexibility index (Phi) is 11.3. The van der Waals surface area contributed by atoms with Crippen molar-refractivity contribution in [2.24, 2.45) is 0 Å². The number of piperidine rings is 1. The van der Waals surface area contributed by atoms with E-state index in [1.165, 1.54) is 0 Å². The molecule has 2 aromatic rings. The fourth-order valence-electron chi connectivity index (χ4n) is 5.76. The summed E-state index contributed by atoms with van der Waals surface area (Å²) in [7, 11) is 0. The second-order valence-electron chi connectivity index (χ2n) is 12.5. The number of rotatable bonds is 14. The highest BCUT2D eigenvalue weighted by Gasteiger charge is 2.34. The lowest BCUT2D eigenvalue weighted by molar-refractivity contribution is -0.143. The molecule has 10 nitrogen and oxygen atoms in total. The van der Waals surface area contributed by atoms with Crippen molar-refractivity contribution in [3.05, 3.63) is 46.3 Å². The van der Waals surface area contributed by atoms with Gasteiger partial charge in [0.1, 0.15) is 17.4 Å². The summed E-state index contributed by atoms with van der Waals surface area (Å²) >= 11 is 0. The number of hydrogen-bond acceptors (Lipinski definition) is 9. The highest BCUT2D eigenvalue weighted by Crippen LogP contribution is 2.42. The quantitative estimate of drug-likeness (QED) is 0.155. The number of ether oxygens (including phenoxy) is 4. The van der Waals surface area contributed by atoms with Crippen molar-refractivity contribution < 1.29 is 37.7 Å². The molecule has 250 valence electrons. The molecule has 1 N–H and O–H groups in total. The topological polar surface area (TPSA) is 118 Å². The lowest BCUT2D eigenvalue weighted by Gasteiger charge is -2.33. The van der Waals surface area contributed by atoms with Crippen LogP contribution < -0.4 is 19.1 Å². The van der Waals surface area contributed by atoms with Gasteiger partial charge >= 0.3 is 5.97 Å². The van der Waals surface area contributed by atoms with Crippen molar-refractivity contribution in [1.82, 2.24) is 4.90 Å². The number of nitrogens with one attached hydrogen (secondary N) is 1. The van der Waals surface area contributed by atoms with E-state index in [1.54, 1.807) is 37.8 Å². The van der Waals surface area contributed by atoms with Crippen LogP contribution in [0.15, 0.2) is 18.2 Å². The number of nitrogens with zero attached hydrogens (tertiary/aromatic N) is 2. The van der Waals surface area contributed by atoms with Gasteiger partial charge in [-0.15, -0.1) is 0 Å². The van der Waals surface area contributed by atoms with E-state index in [4.69, 9.17) is 24.4 Å². The van der Waals surface area contributed by atoms with Crippen molar-refractivity contribution in [2.75, 3.05) is 51.0 Å². The summed E-state index contributed by atoms with van der Waals surface area (Å²) in [5, 5.41) is 8.78. The molecule has 0 aromatic heterocycles. The first-order chi connectivity index (χ1) is 21.9. The molecule has 0 bridgehead atoms. The molecule has 0 saturated carbocycles. The van der Waals surface area contributed by atoms with E-state index in [-0.39, 0.29) is 73.2 Å². The number of anilines is 1. The molecule has 46 heavy (non-hydrogen) atoms. The maximum absolute atomic E-state index is 15.6. The minimum atomic E-state index is -0.663. The number of hydrogen-bond donors (Lipinski definition) is 1. The lowest BCUT2D eigenvalue weighted by atomic mass is 9.84. The number of carbonyl (C=O) groups is 3. The van der Waals surface area contributed by atoms with Crippen LogP contribution in [0, 0.1) is 11.2 Å². The maximum Gasteiger partial charge on any atom is 0.305 e. The predicted octanol–water partition coefficient (Wildman–Crippen LogP) is 5.84. The summed E-state index contributed by atoms with van der Waals surface area (Å²) in [5.41, 5.74) is 2.22. The molecule has 2 aliphatic rings. The standard InChI is InChI=1S/C35H46FN3O7/c1-7-43-28-19-23-20-39(34(37)30(23)31(36)33(28)45-9-3)21-27(41)22-17-25(35(4,5)6)32(46-16-10-11-29(42)44-8-2)26(18-22)38-14-12-24(40)13-15-38/h17-19,37H,7-16,20-21H2,1-6H3. The molecule has 2 aliphatic heterocycles. The van der Waals surface area contributed by atoms with Crippen molar-refractivity contribution in [3.8, 4) is 17.2 Å². The molecule has 1 saturated heterocycles. The molecule has 0 radical (unpaired) electrons. The molecule has 1 fully saturated rings. The monoisotopic (exact) mass is 639 g/mol. The number of carbonyl (C=O) groups excluding carboxylic acids is 3. The van der Waals surface area contributed by atoms with Crippen molar-refractivity contribution in [3.63, 3.8) is 0 Å². The van der Waals surface area contributed by atoms with Crippen LogP contribution in [-0.2, 0) is 26.3 Å². The Morgan fingerprint density at radius 1 is 0.957 bits per heavy atom. The maximum atomic E-state index is 15.6. The minimum Gasteiger partial charge on any atom is -0.491 e. The van der Waals surface area contributed by atoms with Gasteiger partial charge in [-0.2, -0.15) is 0 Å². The van der Waals surface area contributed by atoms with Crippen LogP contribution in [-0.4, -0.2) is 74.3 Å². The highest BCUT2D eigenvalue weighted by molar-refractivity contribution is 6.06. The Bertz CT molecular complexity index is 1470. The van der Waals surface area contributed by atoms with E-state index in [1.807, 2.05) is 26.8 Å². The van der Waals surface area contributed by atoms with Gasteiger partial charge in [-0.3, -0.25) is 19.8 Å². The van der Waals surface area contributed by atoms with Crippen LogP contribution >= 0.6 is 0 Å². The number of esters is 1. The smallest absolute Gasteiger partial charge is 0.305 e.